The molecule has 23 heavy (non-hydrogen) atoms. The van der Waals surface area contributed by atoms with Gasteiger partial charge in [-0.25, -0.2) is 12.7 Å². The molecule has 1 aromatic carbocycles. The fourth-order valence-electron chi connectivity index (χ4n) is 3.27. The molecule has 5 nitrogen and oxygen atoms in total. The zero-order chi connectivity index (χ0) is 16.6. The smallest absolute Gasteiger partial charge is 0.211 e. The number of para-hydroxylation sites is 1. The van der Waals surface area contributed by atoms with Gasteiger partial charge >= 0.3 is 0 Å². The largest absolute Gasteiger partial charge is 0.369 e. The molecule has 6 heteroatoms. The second kappa shape index (κ2) is 6.09. The van der Waals surface area contributed by atoms with Gasteiger partial charge in [-0.3, -0.25) is 4.98 Å². The predicted octanol–water partition coefficient (Wildman–Crippen LogP) is 2.32. The van der Waals surface area contributed by atoms with Crippen LogP contribution in [0.1, 0.15) is 17.7 Å². The Kier molecular flexibility index (Phi) is 4.29. The molecule has 0 aliphatic carbocycles. The molecule has 3 rings (SSSR count). The van der Waals surface area contributed by atoms with Crippen molar-refractivity contribution in [2.75, 3.05) is 37.3 Å². The van der Waals surface area contributed by atoms with Crippen LogP contribution in [0.4, 0.5) is 5.69 Å². The van der Waals surface area contributed by atoms with Crippen LogP contribution in [0.25, 0.3) is 10.9 Å². The topological polar surface area (TPSA) is 53.5 Å². The van der Waals surface area contributed by atoms with Crippen LogP contribution in [0.3, 0.4) is 0 Å². The fraction of sp³-hybridized carbons (Fsp3) is 0.471. The number of aryl methyl sites for hydroxylation is 1. The number of fused-ring (bicyclic) bond motifs is 1. The fourth-order valence-corrected chi connectivity index (χ4v) is 4.14. The summed E-state index contributed by atoms with van der Waals surface area (Å²) in [5.74, 6) is 0. The van der Waals surface area contributed by atoms with Gasteiger partial charge in [-0.15, -0.1) is 0 Å². The lowest BCUT2D eigenvalue weighted by molar-refractivity contribution is 0.437. The summed E-state index contributed by atoms with van der Waals surface area (Å²) in [6.07, 6.45) is 2.13. The highest BCUT2D eigenvalue weighted by Gasteiger charge is 2.23. The summed E-state index contributed by atoms with van der Waals surface area (Å²) in [5.41, 5.74) is 4.40. The molecule has 0 spiro atoms. The minimum absolute atomic E-state index is 0.536. The SMILES string of the molecule is Cc1nc2ccccc2c(N2CCCN(S(C)(=O)=O)CC2)c1C. The molecule has 124 valence electrons. The Morgan fingerprint density at radius 1 is 1.04 bits per heavy atom. The van der Waals surface area contributed by atoms with Crippen LogP contribution in [-0.2, 0) is 10.0 Å². The summed E-state index contributed by atoms with van der Waals surface area (Å²) in [7, 11) is -3.12. The van der Waals surface area contributed by atoms with Gasteiger partial charge in [0.15, 0.2) is 0 Å². The number of anilines is 1. The molecule has 1 aliphatic rings. The number of aromatic nitrogens is 1. The minimum atomic E-state index is -3.12. The number of hydrogen-bond acceptors (Lipinski definition) is 4. The molecule has 0 unspecified atom stereocenters. The van der Waals surface area contributed by atoms with Gasteiger partial charge in [-0.2, -0.15) is 0 Å². The minimum Gasteiger partial charge on any atom is -0.369 e. The monoisotopic (exact) mass is 333 g/mol. The standard InChI is InChI=1S/C17H23N3O2S/c1-13-14(2)18-16-8-5-4-7-15(16)17(13)19-9-6-10-20(12-11-19)23(3,21)22/h4-5,7-8H,6,9-12H2,1-3H3. The Balaban J connectivity index is 2.02. The molecular weight excluding hydrogens is 310 g/mol. The van der Waals surface area contributed by atoms with E-state index in [9.17, 15) is 8.42 Å². The van der Waals surface area contributed by atoms with E-state index in [4.69, 9.17) is 0 Å². The quantitative estimate of drug-likeness (QED) is 0.846. The van der Waals surface area contributed by atoms with Crippen molar-refractivity contribution in [1.82, 2.24) is 9.29 Å². The molecular formula is C17H23N3O2S. The summed E-state index contributed by atoms with van der Waals surface area (Å²) >= 11 is 0. The van der Waals surface area contributed by atoms with Crippen molar-refractivity contribution in [3.63, 3.8) is 0 Å². The summed E-state index contributed by atoms with van der Waals surface area (Å²) in [6.45, 7) is 6.83. The van der Waals surface area contributed by atoms with Crippen molar-refractivity contribution in [3.05, 3.63) is 35.5 Å². The summed E-state index contributed by atoms with van der Waals surface area (Å²) in [4.78, 5) is 6.99. The number of benzene rings is 1. The van der Waals surface area contributed by atoms with Crippen LogP contribution < -0.4 is 4.90 Å². The van der Waals surface area contributed by atoms with Crippen LogP contribution in [0, 0.1) is 13.8 Å². The zero-order valence-electron chi connectivity index (χ0n) is 13.9. The Labute approximate surface area is 138 Å². The lowest BCUT2D eigenvalue weighted by Crippen LogP contribution is -2.34. The van der Waals surface area contributed by atoms with Crippen molar-refractivity contribution in [1.29, 1.82) is 0 Å². The molecule has 2 aromatic rings. The first-order chi connectivity index (χ1) is 10.9. The Morgan fingerprint density at radius 2 is 1.78 bits per heavy atom. The van der Waals surface area contributed by atoms with Gasteiger partial charge < -0.3 is 4.90 Å². The van der Waals surface area contributed by atoms with E-state index in [2.05, 4.69) is 22.9 Å². The van der Waals surface area contributed by atoms with Crippen LogP contribution in [0.2, 0.25) is 0 Å². The summed E-state index contributed by atoms with van der Waals surface area (Å²) < 4.78 is 25.2. The molecule has 1 fully saturated rings. The van der Waals surface area contributed by atoms with Gasteiger partial charge in [0, 0.05) is 37.3 Å². The average molecular weight is 333 g/mol. The number of sulfonamides is 1. The van der Waals surface area contributed by atoms with Crippen molar-refractivity contribution in [2.24, 2.45) is 0 Å². The highest BCUT2D eigenvalue weighted by atomic mass is 32.2. The van der Waals surface area contributed by atoms with Crippen molar-refractivity contribution < 1.29 is 8.42 Å². The van der Waals surface area contributed by atoms with Gasteiger partial charge in [0.1, 0.15) is 0 Å². The third-order valence-electron chi connectivity index (χ3n) is 4.59. The van der Waals surface area contributed by atoms with E-state index >= 15 is 0 Å². The molecule has 0 radical (unpaired) electrons. The van der Waals surface area contributed by atoms with Gasteiger partial charge in [0.05, 0.1) is 17.5 Å². The third kappa shape index (κ3) is 3.19. The van der Waals surface area contributed by atoms with Crippen molar-refractivity contribution in [3.8, 4) is 0 Å². The second-order valence-corrected chi connectivity index (χ2v) is 8.17. The zero-order valence-corrected chi connectivity index (χ0v) is 14.7. The van der Waals surface area contributed by atoms with E-state index in [1.165, 1.54) is 17.5 Å². The lowest BCUT2D eigenvalue weighted by atomic mass is 10.1. The molecule has 0 amide bonds. The van der Waals surface area contributed by atoms with Crippen LogP contribution in [-0.4, -0.2) is 50.1 Å². The number of rotatable bonds is 2. The maximum atomic E-state index is 11.8. The summed E-state index contributed by atoms with van der Waals surface area (Å²) in [5, 5.41) is 1.14. The van der Waals surface area contributed by atoms with E-state index in [1.807, 2.05) is 25.1 Å². The van der Waals surface area contributed by atoms with Crippen LogP contribution in [0.5, 0.6) is 0 Å². The predicted molar refractivity (Wildman–Crippen MR) is 94.5 cm³/mol. The first-order valence-corrected chi connectivity index (χ1v) is 9.79. The molecule has 1 aliphatic heterocycles. The third-order valence-corrected chi connectivity index (χ3v) is 5.89. The summed E-state index contributed by atoms with van der Waals surface area (Å²) in [6, 6.07) is 8.17. The number of hydrogen-bond donors (Lipinski definition) is 0. The van der Waals surface area contributed by atoms with Gasteiger partial charge in [0.25, 0.3) is 0 Å². The lowest BCUT2D eigenvalue weighted by Gasteiger charge is -2.27. The van der Waals surface area contributed by atoms with Gasteiger partial charge in [0.2, 0.25) is 10.0 Å². The molecule has 0 atom stereocenters. The van der Waals surface area contributed by atoms with Gasteiger partial charge in [-0.05, 0) is 31.9 Å². The van der Waals surface area contributed by atoms with Crippen LogP contribution >= 0.6 is 0 Å². The molecule has 1 saturated heterocycles. The maximum absolute atomic E-state index is 11.8. The number of nitrogens with zero attached hydrogens (tertiary/aromatic N) is 3. The van der Waals surface area contributed by atoms with E-state index in [0.29, 0.717) is 19.6 Å². The molecule has 0 N–H and O–H groups in total. The highest BCUT2D eigenvalue weighted by Crippen LogP contribution is 2.31. The number of pyridine rings is 1. The van der Waals surface area contributed by atoms with Crippen molar-refractivity contribution in [2.45, 2.75) is 20.3 Å². The molecule has 2 heterocycles. The second-order valence-electron chi connectivity index (χ2n) is 6.19. The maximum Gasteiger partial charge on any atom is 0.211 e. The van der Waals surface area contributed by atoms with E-state index in [1.54, 1.807) is 4.31 Å². The first-order valence-electron chi connectivity index (χ1n) is 7.94. The average Bonchev–Trinajstić information content (AvgIpc) is 2.74. The Morgan fingerprint density at radius 3 is 2.52 bits per heavy atom. The van der Waals surface area contributed by atoms with Gasteiger partial charge in [-0.1, -0.05) is 18.2 Å². The van der Waals surface area contributed by atoms with Crippen LogP contribution in [0.15, 0.2) is 24.3 Å². The molecule has 0 bridgehead atoms. The Hall–Kier alpha value is -1.66. The van der Waals surface area contributed by atoms with E-state index in [0.717, 1.165) is 29.6 Å². The molecule has 0 saturated carbocycles. The highest BCUT2D eigenvalue weighted by molar-refractivity contribution is 7.88. The first kappa shape index (κ1) is 16.2. The normalized spacial score (nSPS) is 17.4. The van der Waals surface area contributed by atoms with E-state index in [-0.39, 0.29) is 0 Å². The Bertz CT molecular complexity index is 833. The van der Waals surface area contributed by atoms with E-state index < -0.39 is 10.0 Å². The molecule has 1 aromatic heterocycles. The van der Waals surface area contributed by atoms with Crippen molar-refractivity contribution >= 4 is 26.6 Å².